The average Bonchev–Trinajstić information content (AvgIpc) is 2.48. The zero-order valence-corrected chi connectivity index (χ0v) is 10.2. The van der Waals surface area contributed by atoms with Gasteiger partial charge in [-0.3, -0.25) is 0 Å². The number of hydrogen-bond acceptors (Lipinski definition) is 1. The maximum atomic E-state index is 10.6. The molecule has 1 aliphatic carbocycles. The van der Waals surface area contributed by atoms with Crippen LogP contribution in [0, 0.1) is 17.3 Å². The van der Waals surface area contributed by atoms with E-state index in [1.54, 1.807) is 0 Å². The van der Waals surface area contributed by atoms with Crippen LogP contribution >= 0.6 is 22.6 Å². The Bertz CT molecular complexity index is 175. The molecule has 1 saturated carbocycles. The van der Waals surface area contributed by atoms with Crippen LogP contribution in [0.3, 0.4) is 0 Å². The van der Waals surface area contributed by atoms with Gasteiger partial charge in [0.1, 0.15) is 6.29 Å². The van der Waals surface area contributed by atoms with E-state index in [0.29, 0.717) is 17.3 Å². The van der Waals surface area contributed by atoms with Crippen molar-refractivity contribution in [3.8, 4) is 0 Å². The summed E-state index contributed by atoms with van der Waals surface area (Å²) in [5.74, 6) is 1.000. The molecule has 0 amide bonds. The Balaban J connectivity index is 2.32. The first-order valence-corrected chi connectivity index (χ1v) is 5.84. The molecule has 0 aromatic rings. The Labute approximate surface area is 88.4 Å². The summed E-state index contributed by atoms with van der Waals surface area (Å²) >= 11 is 2.45. The Hall–Kier alpha value is 0.400. The average molecular weight is 280 g/mol. The molecule has 3 atom stereocenters. The van der Waals surface area contributed by atoms with Gasteiger partial charge in [-0.15, -0.1) is 0 Å². The highest BCUT2D eigenvalue weighted by molar-refractivity contribution is 14.1. The second-order valence-corrected chi connectivity index (χ2v) is 6.57. The molecule has 70 valence electrons. The minimum absolute atomic E-state index is 0.299. The largest absolute Gasteiger partial charge is 0.303 e. The smallest absolute Gasteiger partial charge is 0.123 e. The monoisotopic (exact) mass is 280 g/mol. The van der Waals surface area contributed by atoms with Crippen molar-refractivity contribution < 1.29 is 4.79 Å². The van der Waals surface area contributed by atoms with Crippen LogP contribution in [-0.4, -0.2) is 10.2 Å². The topological polar surface area (TPSA) is 17.1 Å². The SMILES string of the molecule is CC(I)CC[C@H]1[C@@H](C=O)C1(C)C. The van der Waals surface area contributed by atoms with Gasteiger partial charge in [0, 0.05) is 9.84 Å². The third-order valence-electron chi connectivity index (χ3n) is 3.16. The van der Waals surface area contributed by atoms with Gasteiger partial charge in [0.05, 0.1) is 0 Å². The Morgan fingerprint density at radius 1 is 1.58 bits per heavy atom. The molecule has 0 bridgehead atoms. The van der Waals surface area contributed by atoms with E-state index in [0.717, 1.165) is 10.2 Å². The molecule has 0 aromatic heterocycles. The lowest BCUT2D eigenvalue weighted by Crippen LogP contribution is -1.94. The molecular formula is C10H17IO. The van der Waals surface area contributed by atoms with Crippen molar-refractivity contribution in [3.05, 3.63) is 0 Å². The summed E-state index contributed by atoms with van der Waals surface area (Å²) in [6, 6.07) is 0. The van der Waals surface area contributed by atoms with Crippen LogP contribution in [0.25, 0.3) is 0 Å². The molecule has 1 aliphatic rings. The Kier molecular flexibility index (Phi) is 3.18. The van der Waals surface area contributed by atoms with Crippen molar-refractivity contribution >= 4 is 28.9 Å². The normalized spacial score (nSPS) is 34.3. The quantitative estimate of drug-likeness (QED) is 0.439. The van der Waals surface area contributed by atoms with E-state index in [1.807, 2.05) is 0 Å². The zero-order valence-electron chi connectivity index (χ0n) is 8.01. The number of halogens is 1. The molecule has 0 heterocycles. The van der Waals surface area contributed by atoms with E-state index in [4.69, 9.17) is 0 Å². The third kappa shape index (κ3) is 2.01. The van der Waals surface area contributed by atoms with Crippen LogP contribution in [0.5, 0.6) is 0 Å². The molecule has 1 unspecified atom stereocenters. The lowest BCUT2D eigenvalue weighted by Gasteiger charge is -2.03. The van der Waals surface area contributed by atoms with Crippen LogP contribution in [-0.2, 0) is 4.79 Å². The zero-order chi connectivity index (χ0) is 9.35. The van der Waals surface area contributed by atoms with E-state index in [-0.39, 0.29) is 0 Å². The summed E-state index contributed by atoms with van der Waals surface area (Å²) in [4.78, 5) is 10.6. The minimum atomic E-state index is 0.299. The number of carbonyl (C=O) groups is 1. The molecule has 0 aliphatic heterocycles. The lowest BCUT2D eigenvalue weighted by atomic mass is 10.1. The summed E-state index contributed by atoms with van der Waals surface area (Å²) in [5.41, 5.74) is 0.299. The van der Waals surface area contributed by atoms with Crippen molar-refractivity contribution in [1.29, 1.82) is 0 Å². The highest BCUT2D eigenvalue weighted by Gasteiger charge is 2.56. The van der Waals surface area contributed by atoms with Crippen LogP contribution < -0.4 is 0 Å². The van der Waals surface area contributed by atoms with Crippen molar-refractivity contribution in [2.24, 2.45) is 17.3 Å². The molecule has 12 heavy (non-hydrogen) atoms. The van der Waals surface area contributed by atoms with Gasteiger partial charge in [0.2, 0.25) is 0 Å². The molecule has 1 nitrogen and oxygen atoms in total. The number of rotatable bonds is 4. The molecule has 0 spiro atoms. The maximum Gasteiger partial charge on any atom is 0.123 e. The first kappa shape index (κ1) is 10.5. The van der Waals surface area contributed by atoms with Crippen molar-refractivity contribution in [3.63, 3.8) is 0 Å². The highest BCUT2D eigenvalue weighted by atomic mass is 127. The standard InChI is InChI=1S/C10H17IO/c1-7(11)4-5-8-9(6-12)10(8,2)3/h6-9H,4-5H2,1-3H3/t7?,8-,9+/m0/s1. The van der Waals surface area contributed by atoms with E-state index >= 15 is 0 Å². The second-order valence-electron chi connectivity index (χ2n) is 4.45. The summed E-state index contributed by atoms with van der Waals surface area (Å²) < 4.78 is 0.742. The highest BCUT2D eigenvalue weighted by Crippen LogP contribution is 2.59. The summed E-state index contributed by atoms with van der Waals surface area (Å²) in [7, 11) is 0. The fraction of sp³-hybridized carbons (Fsp3) is 0.900. The van der Waals surface area contributed by atoms with Gasteiger partial charge in [-0.25, -0.2) is 0 Å². The molecular weight excluding hydrogens is 263 g/mol. The van der Waals surface area contributed by atoms with Gasteiger partial charge in [-0.1, -0.05) is 43.4 Å². The fourth-order valence-corrected chi connectivity index (χ4v) is 2.38. The van der Waals surface area contributed by atoms with Gasteiger partial charge in [0.15, 0.2) is 0 Å². The molecule has 0 aromatic carbocycles. The van der Waals surface area contributed by atoms with Gasteiger partial charge in [-0.05, 0) is 24.2 Å². The van der Waals surface area contributed by atoms with E-state index in [9.17, 15) is 4.79 Å². The molecule has 0 radical (unpaired) electrons. The lowest BCUT2D eigenvalue weighted by molar-refractivity contribution is -0.109. The van der Waals surface area contributed by atoms with Crippen molar-refractivity contribution in [2.75, 3.05) is 0 Å². The number of alkyl halides is 1. The van der Waals surface area contributed by atoms with Crippen LogP contribution in [0.4, 0.5) is 0 Å². The van der Waals surface area contributed by atoms with E-state index in [2.05, 4.69) is 43.4 Å². The summed E-state index contributed by atoms with van der Waals surface area (Å²) in [6.45, 7) is 6.63. The van der Waals surface area contributed by atoms with Gasteiger partial charge in [-0.2, -0.15) is 0 Å². The Morgan fingerprint density at radius 3 is 2.50 bits per heavy atom. The second kappa shape index (κ2) is 3.64. The first-order chi connectivity index (χ1) is 5.50. The van der Waals surface area contributed by atoms with Gasteiger partial charge in [0.25, 0.3) is 0 Å². The van der Waals surface area contributed by atoms with Gasteiger partial charge < -0.3 is 4.79 Å². The van der Waals surface area contributed by atoms with E-state index < -0.39 is 0 Å². The minimum Gasteiger partial charge on any atom is -0.303 e. The van der Waals surface area contributed by atoms with Crippen LogP contribution in [0.1, 0.15) is 33.6 Å². The van der Waals surface area contributed by atoms with Crippen LogP contribution in [0.2, 0.25) is 0 Å². The van der Waals surface area contributed by atoms with Gasteiger partial charge >= 0.3 is 0 Å². The molecule has 1 rings (SSSR count). The number of carbonyl (C=O) groups excluding carboxylic acids is 1. The molecule has 1 fully saturated rings. The Morgan fingerprint density at radius 2 is 2.17 bits per heavy atom. The number of hydrogen-bond donors (Lipinski definition) is 0. The number of aldehydes is 1. The molecule has 2 heteroatoms. The predicted molar refractivity (Wildman–Crippen MR) is 59.5 cm³/mol. The van der Waals surface area contributed by atoms with Crippen molar-refractivity contribution in [2.45, 2.75) is 37.5 Å². The molecule has 0 N–H and O–H groups in total. The maximum absolute atomic E-state index is 10.6. The third-order valence-corrected chi connectivity index (χ3v) is 3.78. The summed E-state index contributed by atoms with van der Waals surface area (Å²) in [6.07, 6.45) is 3.61. The fourth-order valence-electron chi connectivity index (χ4n) is 2.02. The van der Waals surface area contributed by atoms with Crippen molar-refractivity contribution in [1.82, 2.24) is 0 Å². The van der Waals surface area contributed by atoms with Crippen LogP contribution in [0.15, 0.2) is 0 Å². The first-order valence-electron chi connectivity index (χ1n) is 4.59. The molecule has 0 saturated heterocycles. The van der Waals surface area contributed by atoms with E-state index in [1.165, 1.54) is 12.8 Å². The summed E-state index contributed by atoms with van der Waals surface area (Å²) in [5, 5.41) is 0. The predicted octanol–water partition coefficient (Wildman–Crippen LogP) is 3.06.